The maximum absolute atomic E-state index is 12.0. The van der Waals surface area contributed by atoms with Gasteiger partial charge < -0.3 is 5.73 Å². The molecule has 0 fully saturated rings. The number of hydrogen-bond acceptors (Lipinski definition) is 5. The van der Waals surface area contributed by atoms with Gasteiger partial charge in [0.1, 0.15) is 4.90 Å². The van der Waals surface area contributed by atoms with Crippen LogP contribution in [0.15, 0.2) is 29.6 Å². The van der Waals surface area contributed by atoms with Gasteiger partial charge in [-0.05, 0) is 6.07 Å². The largest absolute Gasteiger partial charge is 0.329 e. The molecule has 0 aliphatic heterocycles. The fraction of sp³-hybridized carbons (Fsp3) is 0.400. The normalized spacial score (nSPS) is 11.9. The Labute approximate surface area is 111 Å². The second-order valence-electron chi connectivity index (χ2n) is 4.00. The van der Waals surface area contributed by atoms with Crippen molar-refractivity contribution >= 4 is 10.0 Å². The lowest BCUT2D eigenvalue weighted by atomic mass is 10.4. The summed E-state index contributed by atoms with van der Waals surface area (Å²) < 4.78 is 29.7. The van der Waals surface area contributed by atoms with Gasteiger partial charge in [0.2, 0.25) is 10.0 Å². The van der Waals surface area contributed by atoms with Crippen molar-refractivity contribution in [1.29, 1.82) is 0 Å². The summed E-state index contributed by atoms with van der Waals surface area (Å²) >= 11 is 0. The third-order valence-electron chi connectivity index (χ3n) is 2.64. The van der Waals surface area contributed by atoms with Crippen molar-refractivity contribution in [3.63, 3.8) is 0 Å². The molecule has 2 heterocycles. The van der Waals surface area contributed by atoms with E-state index in [0.29, 0.717) is 13.1 Å². The quantitative estimate of drug-likeness (QED) is 0.711. The standard InChI is InChI=1S/C10H16N6O2S/c1-15-9(2-4-12-15)6-14-19(17,18)10-7-13-16(8-10)5-3-11/h2,4,7-8,14H,3,5-6,11H2,1H3. The minimum atomic E-state index is -3.57. The van der Waals surface area contributed by atoms with E-state index >= 15 is 0 Å². The average molecular weight is 284 g/mol. The molecule has 2 aromatic rings. The summed E-state index contributed by atoms with van der Waals surface area (Å²) in [6, 6.07) is 1.75. The summed E-state index contributed by atoms with van der Waals surface area (Å²) in [6.07, 6.45) is 4.38. The number of sulfonamides is 1. The van der Waals surface area contributed by atoms with Gasteiger partial charge in [-0.25, -0.2) is 13.1 Å². The molecule has 2 rings (SSSR count). The van der Waals surface area contributed by atoms with Crippen LogP contribution in [-0.4, -0.2) is 34.5 Å². The molecule has 0 radical (unpaired) electrons. The zero-order valence-electron chi connectivity index (χ0n) is 10.5. The topological polar surface area (TPSA) is 108 Å². The van der Waals surface area contributed by atoms with E-state index in [1.165, 1.54) is 17.1 Å². The molecular formula is C10H16N6O2S. The molecule has 0 aromatic carbocycles. The molecule has 0 amide bonds. The maximum atomic E-state index is 12.0. The van der Waals surface area contributed by atoms with E-state index in [-0.39, 0.29) is 11.4 Å². The summed E-state index contributed by atoms with van der Waals surface area (Å²) in [7, 11) is -1.81. The van der Waals surface area contributed by atoms with Crippen LogP contribution in [0.5, 0.6) is 0 Å². The zero-order chi connectivity index (χ0) is 13.9. The summed E-state index contributed by atoms with van der Waals surface area (Å²) in [5.41, 5.74) is 6.16. The van der Waals surface area contributed by atoms with Gasteiger partial charge in [-0.3, -0.25) is 9.36 Å². The van der Waals surface area contributed by atoms with Crippen LogP contribution in [0, 0.1) is 0 Å². The lowest BCUT2D eigenvalue weighted by Gasteiger charge is -2.04. The van der Waals surface area contributed by atoms with Crippen LogP contribution in [0.3, 0.4) is 0 Å². The van der Waals surface area contributed by atoms with E-state index in [1.54, 1.807) is 24.0 Å². The molecule has 2 aromatic heterocycles. The number of aryl methyl sites for hydroxylation is 1. The first-order chi connectivity index (χ1) is 9.03. The van der Waals surface area contributed by atoms with Gasteiger partial charge in [-0.15, -0.1) is 0 Å². The van der Waals surface area contributed by atoms with Crippen LogP contribution in [0.1, 0.15) is 5.69 Å². The Morgan fingerprint density at radius 3 is 2.84 bits per heavy atom. The molecule has 0 bridgehead atoms. The number of rotatable bonds is 6. The molecule has 0 spiro atoms. The van der Waals surface area contributed by atoms with Crippen LogP contribution in [0.4, 0.5) is 0 Å². The number of nitrogens with one attached hydrogen (secondary N) is 1. The van der Waals surface area contributed by atoms with E-state index in [9.17, 15) is 8.42 Å². The number of nitrogens with zero attached hydrogens (tertiary/aromatic N) is 4. The number of hydrogen-bond donors (Lipinski definition) is 2. The molecule has 8 nitrogen and oxygen atoms in total. The monoisotopic (exact) mass is 284 g/mol. The Bertz CT molecular complexity index is 645. The lowest BCUT2D eigenvalue weighted by Crippen LogP contribution is -2.24. The molecule has 0 aliphatic carbocycles. The highest BCUT2D eigenvalue weighted by Crippen LogP contribution is 2.08. The van der Waals surface area contributed by atoms with Crippen LogP contribution in [-0.2, 0) is 30.2 Å². The second-order valence-corrected chi connectivity index (χ2v) is 5.77. The Hall–Kier alpha value is -1.71. The maximum Gasteiger partial charge on any atom is 0.244 e. The van der Waals surface area contributed by atoms with Crippen LogP contribution >= 0.6 is 0 Å². The van der Waals surface area contributed by atoms with Gasteiger partial charge in [-0.1, -0.05) is 0 Å². The van der Waals surface area contributed by atoms with E-state index in [1.807, 2.05) is 0 Å². The summed E-state index contributed by atoms with van der Waals surface area (Å²) in [5, 5.41) is 7.90. The molecule has 0 saturated heterocycles. The lowest BCUT2D eigenvalue weighted by molar-refractivity contribution is 0.576. The first-order valence-corrected chi connectivity index (χ1v) is 7.20. The molecule has 3 N–H and O–H groups in total. The van der Waals surface area contributed by atoms with E-state index in [0.717, 1.165) is 5.69 Å². The predicted octanol–water partition coefficient (Wildman–Crippen LogP) is -0.946. The molecule has 0 atom stereocenters. The molecule has 0 saturated carbocycles. The Morgan fingerprint density at radius 2 is 2.21 bits per heavy atom. The zero-order valence-corrected chi connectivity index (χ0v) is 11.3. The van der Waals surface area contributed by atoms with E-state index in [2.05, 4.69) is 14.9 Å². The Balaban J connectivity index is 2.07. The van der Waals surface area contributed by atoms with Crippen molar-refractivity contribution in [1.82, 2.24) is 24.3 Å². The van der Waals surface area contributed by atoms with Crippen molar-refractivity contribution in [3.8, 4) is 0 Å². The van der Waals surface area contributed by atoms with Gasteiger partial charge in [0.25, 0.3) is 0 Å². The fourth-order valence-corrected chi connectivity index (χ4v) is 2.52. The third kappa shape index (κ3) is 3.19. The number of nitrogens with two attached hydrogens (primary N) is 1. The summed E-state index contributed by atoms with van der Waals surface area (Å²) in [6.45, 7) is 1.07. The van der Waals surface area contributed by atoms with Crippen LogP contribution < -0.4 is 10.5 Å². The highest BCUT2D eigenvalue weighted by molar-refractivity contribution is 7.89. The van der Waals surface area contributed by atoms with Crippen molar-refractivity contribution in [3.05, 3.63) is 30.4 Å². The van der Waals surface area contributed by atoms with Crippen molar-refractivity contribution < 1.29 is 8.42 Å². The van der Waals surface area contributed by atoms with Crippen LogP contribution in [0.25, 0.3) is 0 Å². The van der Waals surface area contributed by atoms with Gasteiger partial charge in [-0.2, -0.15) is 10.2 Å². The van der Waals surface area contributed by atoms with Crippen molar-refractivity contribution in [2.24, 2.45) is 12.8 Å². The van der Waals surface area contributed by atoms with Gasteiger partial charge in [0.15, 0.2) is 0 Å². The Kier molecular flexibility index (Phi) is 3.98. The van der Waals surface area contributed by atoms with E-state index < -0.39 is 10.0 Å². The second kappa shape index (κ2) is 5.51. The van der Waals surface area contributed by atoms with Crippen molar-refractivity contribution in [2.75, 3.05) is 6.54 Å². The number of aromatic nitrogens is 4. The van der Waals surface area contributed by atoms with E-state index in [4.69, 9.17) is 5.73 Å². The highest BCUT2D eigenvalue weighted by Gasteiger charge is 2.16. The van der Waals surface area contributed by atoms with Gasteiger partial charge >= 0.3 is 0 Å². The molecular weight excluding hydrogens is 268 g/mol. The van der Waals surface area contributed by atoms with Gasteiger partial charge in [0.05, 0.1) is 25.0 Å². The average Bonchev–Trinajstić information content (AvgIpc) is 2.97. The summed E-state index contributed by atoms with van der Waals surface area (Å²) in [5.74, 6) is 0. The first-order valence-electron chi connectivity index (χ1n) is 5.72. The molecule has 9 heteroatoms. The Morgan fingerprint density at radius 1 is 1.42 bits per heavy atom. The smallest absolute Gasteiger partial charge is 0.244 e. The van der Waals surface area contributed by atoms with Crippen LogP contribution in [0.2, 0.25) is 0 Å². The SMILES string of the molecule is Cn1nccc1CNS(=O)(=O)c1cnn(CCN)c1. The predicted molar refractivity (Wildman–Crippen MR) is 68.5 cm³/mol. The molecule has 0 aliphatic rings. The molecule has 19 heavy (non-hydrogen) atoms. The fourth-order valence-electron chi connectivity index (χ4n) is 1.56. The first kappa shape index (κ1) is 13.7. The minimum absolute atomic E-state index is 0.128. The molecule has 0 unspecified atom stereocenters. The highest BCUT2D eigenvalue weighted by atomic mass is 32.2. The van der Waals surface area contributed by atoms with Gasteiger partial charge in [0, 0.05) is 26.0 Å². The van der Waals surface area contributed by atoms with Crippen molar-refractivity contribution in [2.45, 2.75) is 18.0 Å². The third-order valence-corrected chi connectivity index (χ3v) is 4.00. The summed E-state index contributed by atoms with van der Waals surface area (Å²) in [4.78, 5) is 0.128. The molecule has 104 valence electrons. The minimum Gasteiger partial charge on any atom is -0.329 e.